The molecular weight excluding hydrogens is 262 g/mol. The molecule has 0 saturated heterocycles. The molecule has 0 aliphatic carbocycles. The zero-order valence-electron chi connectivity index (χ0n) is 10.6. The predicted molar refractivity (Wildman–Crippen MR) is 71.8 cm³/mol. The lowest BCUT2D eigenvalue weighted by atomic mass is 10.2. The van der Waals surface area contributed by atoms with E-state index in [0.29, 0.717) is 17.1 Å². The normalized spacial score (nSPS) is 9.85. The third-order valence-electron chi connectivity index (χ3n) is 2.56. The molecule has 0 radical (unpaired) electrons. The summed E-state index contributed by atoms with van der Waals surface area (Å²) in [5, 5.41) is 13.1. The molecule has 1 amide bonds. The van der Waals surface area contributed by atoms with Crippen molar-refractivity contribution in [3.63, 3.8) is 0 Å². The molecule has 2 rings (SSSR count). The van der Waals surface area contributed by atoms with E-state index in [-0.39, 0.29) is 5.69 Å². The first-order valence-corrected chi connectivity index (χ1v) is 5.66. The van der Waals surface area contributed by atoms with Crippen LogP contribution in [0.15, 0.2) is 42.6 Å². The molecule has 102 valence electrons. The number of ether oxygens (including phenoxy) is 1. The lowest BCUT2D eigenvalue weighted by molar-refractivity contribution is -0.384. The fraction of sp³-hybridized carbons (Fsp3) is 0.0769. The number of methoxy groups -OCH3 is 1. The van der Waals surface area contributed by atoms with Crippen molar-refractivity contribution < 1.29 is 14.5 Å². The van der Waals surface area contributed by atoms with E-state index in [1.807, 2.05) is 0 Å². The molecule has 1 heterocycles. The Morgan fingerprint density at radius 1 is 1.30 bits per heavy atom. The molecule has 1 aromatic carbocycles. The quantitative estimate of drug-likeness (QED) is 0.681. The van der Waals surface area contributed by atoms with Gasteiger partial charge in [0.15, 0.2) is 11.6 Å². The largest absolute Gasteiger partial charge is 0.493 e. The van der Waals surface area contributed by atoms with Crippen molar-refractivity contribution in [3.8, 4) is 5.75 Å². The van der Waals surface area contributed by atoms with Gasteiger partial charge in [-0.15, -0.1) is 0 Å². The average Bonchev–Trinajstić information content (AvgIpc) is 2.48. The summed E-state index contributed by atoms with van der Waals surface area (Å²) in [6.45, 7) is 0. The van der Waals surface area contributed by atoms with E-state index in [4.69, 9.17) is 4.74 Å². The van der Waals surface area contributed by atoms with Gasteiger partial charge in [-0.25, -0.2) is 4.98 Å². The standard InChI is InChI=1S/C13H11N3O4/c1-20-11-3-2-8-14-12(11)15-13(17)9-4-6-10(7-5-9)16(18)19/h2-8H,1H3,(H,14,15,17). The minimum absolute atomic E-state index is 0.0723. The van der Waals surface area contributed by atoms with Crippen LogP contribution in [0, 0.1) is 10.1 Å². The number of hydrogen-bond acceptors (Lipinski definition) is 5. The van der Waals surface area contributed by atoms with Crippen molar-refractivity contribution in [3.05, 3.63) is 58.3 Å². The molecule has 20 heavy (non-hydrogen) atoms. The second-order valence-corrected chi connectivity index (χ2v) is 3.81. The number of benzene rings is 1. The number of amides is 1. The first-order valence-electron chi connectivity index (χ1n) is 5.66. The summed E-state index contributed by atoms with van der Waals surface area (Å²) in [6.07, 6.45) is 1.52. The Bertz CT molecular complexity index is 640. The van der Waals surface area contributed by atoms with E-state index in [2.05, 4.69) is 10.3 Å². The second-order valence-electron chi connectivity index (χ2n) is 3.81. The van der Waals surface area contributed by atoms with Crippen molar-refractivity contribution in [2.75, 3.05) is 12.4 Å². The Hall–Kier alpha value is -2.96. The maximum atomic E-state index is 12.0. The molecule has 7 nitrogen and oxygen atoms in total. The van der Waals surface area contributed by atoms with Crippen molar-refractivity contribution in [2.45, 2.75) is 0 Å². The number of pyridine rings is 1. The van der Waals surface area contributed by atoms with Crippen molar-refractivity contribution in [1.29, 1.82) is 0 Å². The van der Waals surface area contributed by atoms with Crippen molar-refractivity contribution >= 4 is 17.4 Å². The lowest BCUT2D eigenvalue weighted by Gasteiger charge is -2.08. The maximum Gasteiger partial charge on any atom is 0.269 e. The van der Waals surface area contributed by atoms with E-state index in [0.717, 1.165) is 0 Å². The summed E-state index contributed by atoms with van der Waals surface area (Å²) in [4.78, 5) is 26.0. The Kier molecular flexibility index (Phi) is 3.90. The van der Waals surface area contributed by atoms with Crippen LogP contribution in [-0.2, 0) is 0 Å². The molecule has 0 atom stereocenters. The maximum absolute atomic E-state index is 12.0. The van der Waals surface area contributed by atoms with Crippen LogP contribution in [0.25, 0.3) is 0 Å². The highest BCUT2D eigenvalue weighted by molar-refractivity contribution is 6.04. The number of rotatable bonds is 4. The number of nitrogens with one attached hydrogen (secondary N) is 1. The SMILES string of the molecule is COc1cccnc1NC(=O)c1ccc([N+](=O)[O-])cc1. The van der Waals surface area contributed by atoms with Crippen molar-refractivity contribution in [1.82, 2.24) is 4.98 Å². The summed E-state index contributed by atoms with van der Waals surface area (Å²) >= 11 is 0. The van der Waals surface area contributed by atoms with Gasteiger partial charge in [-0.05, 0) is 24.3 Å². The Labute approximate surface area is 114 Å². The summed E-state index contributed by atoms with van der Waals surface area (Å²) in [5.74, 6) is 0.304. The molecule has 1 N–H and O–H groups in total. The Morgan fingerprint density at radius 2 is 2.00 bits per heavy atom. The number of aromatic nitrogens is 1. The molecule has 0 aliphatic heterocycles. The first-order chi connectivity index (χ1) is 9.61. The fourth-order valence-corrected chi connectivity index (χ4v) is 1.56. The van der Waals surface area contributed by atoms with Gasteiger partial charge in [-0.2, -0.15) is 0 Å². The van der Waals surface area contributed by atoms with Gasteiger partial charge in [0.2, 0.25) is 0 Å². The predicted octanol–water partition coefficient (Wildman–Crippen LogP) is 2.25. The summed E-state index contributed by atoms with van der Waals surface area (Å²) in [5.41, 5.74) is 0.222. The smallest absolute Gasteiger partial charge is 0.269 e. The number of nitro benzene ring substituents is 1. The highest BCUT2D eigenvalue weighted by Crippen LogP contribution is 2.21. The minimum atomic E-state index is -0.524. The number of anilines is 1. The van der Waals surface area contributed by atoms with Gasteiger partial charge in [0.05, 0.1) is 12.0 Å². The lowest BCUT2D eigenvalue weighted by Crippen LogP contribution is -2.13. The van der Waals surface area contributed by atoms with Crippen LogP contribution >= 0.6 is 0 Å². The second kappa shape index (κ2) is 5.79. The van der Waals surface area contributed by atoms with Crippen LogP contribution in [0.3, 0.4) is 0 Å². The molecular formula is C13H11N3O4. The van der Waals surface area contributed by atoms with Gasteiger partial charge in [-0.1, -0.05) is 0 Å². The van der Waals surface area contributed by atoms with Crippen LogP contribution in [-0.4, -0.2) is 22.9 Å². The molecule has 0 saturated carbocycles. The van der Waals surface area contributed by atoms with E-state index in [1.165, 1.54) is 37.6 Å². The monoisotopic (exact) mass is 273 g/mol. The first kappa shape index (κ1) is 13.5. The molecule has 0 unspecified atom stereocenters. The number of carbonyl (C=O) groups is 1. The average molecular weight is 273 g/mol. The zero-order chi connectivity index (χ0) is 14.5. The molecule has 0 fully saturated rings. The molecule has 2 aromatic rings. The van der Waals surface area contributed by atoms with Gasteiger partial charge in [0.1, 0.15) is 0 Å². The van der Waals surface area contributed by atoms with Crippen LogP contribution < -0.4 is 10.1 Å². The molecule has 1 aromatic heterocycles. The summed E-state index contributed by atoms with van der Waals surface area (Å²) < 4.78 is 5.07. The van der Waals surface area contributed by atoms with Gasteiger partial charge >= 0.3 is 0 Å². The summed E-state index contributed by atoms with van der Waals surface area (Å²) in [6, 6.07) is 8.64. The number of non-ortho nitro benzene ring substituents is 1. The van der Waals surface area contributed by atoms with Crippen LogP contribution in [0.2, 0.25) is 0 Å². The Morgan fingerprint density at radius 3 is 2.60 bits per heavy atom. The van der Waals surface area contributed by atoms with E-state index < -0.39 is 10.8 Å². The van der Waals surface area contributed by atoms with Gasteiger partial charge in [0.25, 0.3) is 11.6 Å². The molecule has 0 spiro atoms. The number of carbonyl (C=O) groups excluding carboxylic acids is 1. The van der Waals surface area contributed by atoms with Gasteiger partial charge in [-0.3, -0.25) is 14.9 Å². The molecule has 7 heteroatoms. The number of nitro groups is 1. The third kappa shape index (κ3) is 2.89. The van der Waals surface area contributed by atoms with E-state index in [9.17, 15) is 14.9 Å². The topological polar surface area (TPSA) is 94.4 Å². The fourth-order valence-electron chi connectivity index (χ4n) is 1.56. The number of hydrogen-bond donors (Lipinski definition) is 1. The molecule has 0 bridgehead atoms. The van der Waals surface area contributed by atoms with E-state index >= 15 is 0 Å². The van der Waals surface area contributed by atoms with Gasteiger partial charge in [0, 0.05) is 23.9 Å². The highest BCUT2D eigenvalue weighted by atomic mass is 16.6. The third-order valence-corrected chi connectivity index (χ3v) is 2.56. The highest BCUT2D eigenvalue weighted by Gasteiger charge is 2.12. The van der Waals surface area contributed by atoms with Gasteiger partial charge < -0.3 is 10.1 Å². The van der Waals surface area contributed by atoms with Crippen LogP contribution in [0.5, 0.6) is 5.75 Å². The zero-order valence-corrected chi connectivity index (χ0v) is 10.6. The summed E-state index contributed by atoms with van der Waals surface area (Å²) in [7, 11) is 1.47. The number of nitrogens with zero attached hydrogens (tertiary/aromatic N) is 2. The van der Waals surface area contributed by atoms with Crippen molar-refractivity contribution in [2.24, 2.45) is 0 Å². The molecule has 0 aliphatic rings. The Balaban J connectivity index is 2.17. The van der Waals surface area contributed by atoms with Crippen LogP contribution in [0.1, 0.15) is 10.4 Å². The van der Waals surface area contributed by atoms with E-state index in [1.54, 1.807) is 12.1 Å². The van der Waals surface area contributed by atoms with Crippen LogP contribution in [0.4, 0.5) is 11.5 Å². The minimum Gasteiger partial charge on any atom is -0.493 e.